The van der Waals surface area contributed by atoms with Gasteiger partial charge in [0.1, 0.15) is 0 Å². The summed E-state index contributed by atoms with van der Waals surface area (Å²) < 4.78 is 11.6. The second-order valence-corrected chi connectivity index (χ2v) is 7.18. The molecule has 1 aromatic heterocycles. The van der Waals surface area contributed by atoms with Gasteiger partial charge in [0, 0.05) is 41.3 Å². The number of anilines is 1. The van der Waals surface area contributed by atoms with Crippen LogP contribution in [0.25, 0.3) is 10.9 Å². The predicted octanol–water partition coefficient (Wildman–Crippen LogP) is 3.48. The summed E-state index contributed by atoms with van der Waals surface area (Å²) in [6.45, 7) is 6.72. The molecule has 25 heavy (non-hydrogen) atoms. The first-order valence-corrected chi connectivity index (χ1v) is 8.97. The number of amides is 2. The Bertz CT molecular complexity index is 779. The fourth-order valence-electron chi connectivity index (χ4n) is 3.91. The maximum absolute atomic E-state index is 12.7. The van der Waals surface area contributed by atoms with Gasteiger partial charge in [0.15, 0.2) is 5.79 Å². The molecule has 0 spiro atoms. The van der Waals surface area contributed by atoms with E-state index in [0.717, 1.165) is 41.7 Å². The number of carbonyl (C=O) groups excluding carboxylic acids is 1. The van der Waals surface area contributed by atoms with Crippen LogP contribution < -0.4 is 5.32 Å². The number of urea groups is 1. The highest BCUT2D eigenvalue weighted by atomic mass is 16.7. The molecule has 2 amide bonds. The number of fused-ring (bicyclic) bond motifs is 1. The monoisotopic (exact) mass is 343 g/mol. The summed E-state index contributed by atoms with van der Waals surface area (Å²) in [6, 6.07) is 7.96. The summed E-state index contributed by atoms with van der Waals surface area (Å²) in [6.07, 6.45) is 1.99. The summed E-state index contributed by atoms with van der Waals surface area (Å²) in [7, 11) is 0. The van der Waals surface area contributed by atoms with Gasteiger partial charge in [0.25, 0.3) is 0 Å². The maximum atomic E-state index is 12.7. The molecule has 6 heteroatoms. The number of carbonyl (C=O) groups is 1. The van der Waals surface area contributed by atoms with E-state index in [2.05, 4.69) is 16.4 Å². The van der Waals surface area contributed by atoms with Crippen LogP contribution in [0.4, 0.5) is 10.5 Å². The van der Waals surface area contributed by atoms with Crippen molar-refractivity contribution in [2.24, 2.45) is 5.92 Å². The minimum Gasteiger partial charge on any atom is -0.359 e. The minimum atomic E-state index is -0.555. The Morgan fingerprint density at radius 3 is 2.92 bits per heavy atom. The number of likely N-dealkylation sites (tertiary alicyclic amines) is 1. The predicted molar refractivity (Wildman–Crippen MR) is 96.7 cm³/mol. The quantitative estimate of drug-likeness (QED) is 0.877. The Hall–Kier alpha value is -2.05. The van der Waals surface area contributed by atoms with E-state index in [1.807, 2.05) is 36.9 Å². The zero-order chi connectivity index (χ0) is 17.4. The standard InChI is InChI=1S/C19H25N3O3/c1-13-10-14-11-16(5-6-17(14)20-13)21-18(23)22-7-3-4-15(12-22)19(2)24-8-9-25-19/h5-6,10-11,15,20H,3-4,7-9,12H2,1-2H3,(H,21,23). The van der Waals surface area contributed by atoms with Crippen molar-refractivity contribution in [1.29, 1.82) is 0 Å². The Morgan fingerprint density at radius 1 is 1.32 bits per heavy atom. The van der Waals surface area contributed by atoms with Crippen LogP contribution in [0.3, 0.4) is 0 Å². The molecule has 134 valence electrons. The van der Waals surface area contributed by atoms with Gasteiger partial charge in [0.2, 0.25) is 0 Å². The van der Waals surface area contributed by atoms with Crippen molar-refractivity contribution in [2.75, 3.05) is 31.6 Å². The lowest BCUT2D eigenvalue weighted by Gasteiger charge is -2.39. The van der Waals surface area contributed by atoms with E-state index in [1.54, 1.807) is 0 Å². The number of aromatic amines is 1. The molecule has 2 aromatic rings. The minimum absolute atomic E-state index is 0.0575. The van der Waals surface area contributed by atoms with Crippen LogP contribution >= 0.6 is 0 Å². The summed E-state index contributed by atoms with van der Waals surface area (Å²) in [5, 5.41) is 4.13. The number of benzene rings is 1. The fraction of sp³-hybridized carbons (Fsp3) is 0.526. The van der Waals surface area contributed by atoms with Gasteiger partial charge >= 0.3 is 6.03 Å². The number of aryl methyl sites for hydroxylation is 1. The van der Waals surface area contributed by atoms with E-state index < -0.39 is 5.79 Å². The molecule has 0 aliphatic carbocycles. The summed E-state index contributed by atoms with van der Waals surface area (Å²) in [5.74, 6) is -0.343. The Labute approximate surface area is 147 Å². The number of ether oxygens (including phenoxy) is 2. The number of piperidine rings is 1. The third-order valence-electron chi connectivity index (χ3n) is 5.32. The number of nitrogens with zero attached hydrogens (tertiary/aromatic N) is 1. The van der Waals surface area contributed by atoms with Crippen LogP contribution in [-0.2, 0) is 9.47 Å². The zero-order valence-electron chi connectivity index (χ0n) is 14.8. The lowest BCUT2D eigenvalue weighted by molar-refractivity contribution is -0.189. The van der Waals surface area contributed by atoms with Crippen LogP contribution in [0.1, 0.15) is 25.5 Å². The molecule has 2 saturated heterocycles. The molecule has 0 radical (unpaired) electrons. The van der Waals surface area contributed by atoms with Gasteiger partial charge in [-0.05, 0) is 51.0 Å². The molecule has 0 bridgehead atoms. The van der Waals surface area contributed by atoms with Gasteiger partial charge in [-0.25, -0.2) is 4.79 Å². The van der Waals surface area contributed by atoms with E-state index in [-0.39, 0.29) is 11.9 Å². The van der Waals surface area contributed by atoms with Crippen molar-refractivity contribution in [1.82, 2.24) is 9.88 Å². The molecular weight excluding hydrogens is 318 g/mol. The largest absolute Gasteiger partial charge is 0.359 e. The molecule has 0 saturated carbocycles. The second kappa shape index (κ2) is 6.35. The molecule has 6 nitrogen and oxygen atoms in total. The molecule has 2 aliphatic heterocycles. The van der Waals surface area contributed by atoms with Crippen LogP contribution in [0.5, 0.6) is 0 Å². The summed E-state index contributed by atoms with van der Waals surface area (Å²) in [4.78, 5) is 17.9. The normalized spacial score (nSPS) is 23.1. The van der Waals surface area contributed by atoms with Crippen molar-refractivity contribution >= 4 is 22.6 Å². The smallest absolute Gasteiger partial charge is 0.321 e. The first-order valence-electron chi connectivity index (χ1n) is 8.97. The maximum Gasteiger partial charge on any atom is 0.321 e. The number of aromatic nitrogens is 1. The zero-order valence-corrected chi connectivity index (χ0v) is 14.8. The van der Waals surface area contributed by atoms with Crippen molar-refractivity contribution in [2.45, 2.75) is 32.5 Å². The number of H-pyrrole nitrogens is 1. The van der Waals surface area contributed by atoms with E-state index in [4.69, 9.17) is 9.47 Å². The Balaban J connectivity index is 1.44. The highest BCUT2D eigenvalue weighted by molar-refractivity contribution is 5.93. The van der Waals surface area contributed by atoms with Crippen molar-refractivity contribution < 1.29 is 14.3 Å². The average molecular weight is 343 g/mol. The van der Waals surface area contributed by atoms with Gasteiger partial charge < -0.3 is 24.7 Å². The van der Waals surface area contributed by atoms with Gasteiger partial charge in [-0.3, -0.25) is 0 Å². The topological polar surface area (TPSA) is 66.6 Å². The van der Waals surface area contributed by atoms with Crippen LogP contribution in [0, 0.1) is 12.8 Å². The van der Waals surface area contributed by atoms with E-state index in [0.29, 0.717) is 19.8 Å². The second-order valence-electron chi connectivity index (χ2n) is 7.18. The SMILES string of the molecule is Cc1cc2cc(NC(=O)N3CCCC(C4(C)OCCO4)C3)ccc2[nH]1. The first-order chi connectivity index (χ1) is 12.0. The molecule has 3 heterocycles. The van der Waals surface area contributed by atoms with Crippen molar-refractivity contribution in [3.05, 3.63) is 30.0 Å². The Morgan fingerprint density at radius 2 is 2.12 bits per heavy atom. The van der Waals surface area contributed by atoms with E-state index in [1.165, 1.54) is 0 Å². The number of hydrogen-bond donors (Lipinski definition) is 2. The van der Waals surface area contributed by atoms with Crippen LogP contribution in [0.2, 0.25) is 0 Å². The number of nitrogens with one attached hydrogen (secondary N) is 2. The van der Waals surface area contributed by atoms with E-state index >= 15 is 0 Å². The molecule has 2 fully saturated rings. The number of rotatable bonds is 2. The van der Waals surface area contributed by atoms with Gasteiger partial charge in [-0.1, -0.05) is 0 Å². The fourth-order valence-corrected chi connectivity index (χ4v) is 3.91. The van der Waals surface area contributed by atoms with Crippen molar-refractivity contribution in [3.63, 3.8) is 0 Å². The van der Waals surface area contributed by atoms with Crippen molar-refractivity contribution in [3.8, 4) is 0 Å². The molecule has 2 aliphatic rings. The molecular formula is C19H25N3O3. The molecule has 4 rings (SSSR count). The molecule has 1 unspecified atom stereocenters. The average Bonchev–Trinajstić information content (AvgIpc) is 3.20. The third kappa shape index (κ3) is 3.24. The molecule has 1 aromatic carbocycles. The third-order valence-corrected chi connectivity index (χ3v) is 5.32. The number of hydrogen-bond acceptors (Lipinski definition) is 3. The van der Waals surface area contributed by atoms with Crippen LogP contribution in [-0.4, -0.2) is 48.0 Å². The highest BCUT2D eigenvalue weighted by Crippen LogP contribution is 2.34. The lowest BCUT2D eigenvalue weighted by Crippen LogP contribution is -2.49. The summed E-state index contributed by atoms with van der Waals surface area (Å²) in [5.41, 5.74) is 3.01. The first kappa shape index (κ1) is 16.4. The van der Waals surface area contributed by atoms with Gasteiger partial charge in [-0.15, -0.1) is 0 Å². The highest BCUT2D eigenvalue weighted by Gasteiger charge is 2.42. The molecule has 2 N–H and O–H groups in total. The van der Waals surface area contributed by atoms with Crippen LogP contribution in [0.15, 0.2) is 24.3 Å². The van der Waals surface area contributed by atoms with E-state index in [9.17, 15) is 4.79 Å². The summed E-state index contributed by atoms with van der Waals surface area (Å²) >= 11 is 0. The lowest BCUT2D eigenvalue weighted by atomic mass is 9.90. The van der Waals surface area contributed by atoms with Gasteiger partial charge in [0.05, 0.1) is 13.2 Å². The van der Waals surface area contributed by atoms with Gasteiger partial charge in [-0.2, -0.15) is 0 Å². The molecule has 1 atom stereocenters. The Kier molecular flexibility index (Phi) is 4.17.